The van der Waals surface area contributed by atoms with Gasteiger partial charge in [-0.3, -0.25) is 0 Å². The molecule has 11 heavy (non-hydrogen) atoms. The van der Waals surface area contributed by atoms with Crippen molar-refractivity contribution in [1.82, 2.24) is 0 Å². The van der Waals surface area contributed by atoms with E-state index < -0.39 is 0 Å². The summed E-state index contributed by atoms with van der Waals surface area (Å²) >= 11 is 0. The van der Waals surface area contributed by atoms with Crippen LogP contribution in [0.4, 0.5) is 0 Å². The molecule has 0 aromatic carbocycles. The van der Waals surface area contributed by atoms with Crippen LogP contribution in [-0.4, -0.2) is 22.4 Å². The Morgan fingerprint density at radius 3 is 1.64 bits per heavy atom. The van der Waals surface area contributed by atoms with Gasteiger partial charge in [0.15, 0.2) is 0 Å². The SMILES string of the molecule is OC1CCC2CC1CCC2O. The van der Waals surface area contributed by atoms with Crippen molar-refractivity contribution in [2.45, 2.75) is 44.3 Å². The molecule has 2 fully saturated rings. The average molecular weight is 156 g/mol. The lowest BCUT2D eigenvalue weighted by Gasteiger charge is -2.40. The summed E-state index contributed by atoms with van der Waals surface area (Å²) < 4.78 is 0. The largest absolute Gasteiger partial charge is 0.393 e. The van der Waals surface area contributed by atoms with Gasteiger partial charge in [-0.2, -0.15) is 0 Å². The van der Waals surface area contributed by atoms with E-state index in [0.717, 1.165) is 32.1 Å². The van der Waals surface area contributed by atoms with Crippen LogP contribution in [0.15, 0.2) is 0 Å². The van der Waals surface area contributed by atoms with Crippen molar-refractivity contribution >= 4 is 0 Å². The zero-order valence-electron chi connectivity index (χ0n) is 6.74. The van der Waals surface area contributed by atoms with Gasteiger partial charge in [-0.25, -0.2) is 0 Å². The predicted molar refractivity (Wildman–Crippen MR) is 42.1 cm³/mol. The van der Waals surface area contributed by atoms with Gasteiger partial charge < -0.3 is 10.2 Å². The first-order valence-corrected chi connectivity index (χ1v) is 4.63. The smallest absolute Gasteiger partial charge is 0.0568 e. The number of fused-ring (bicyclic) bond motifs is 2. The van der Waals surface area contributed by atoms with Crippen LogP contribution >= 0.6 is 0 Å². The first-order chi connectivity index (χ1) is 5.27. The molecular formula is C9H16O2. The molecule has 2 rings (SSSR count). The molecule has 2 heteroatoms. The lowest BCUT2D eigenvalue weighted by atomic mass is 9.69. The molecule has 0 heterocycles. The number of hydrogen-bond acceptors (Lipinski definition) is 2. The van der Waals surface area contributed by atoms with E-state index in [2.05, 4.69) is 0 Å². The average Bonchev–Trinajstić information content (AvgIpc) is 2.02. The summed E-state index contributed by atoms with van der Waals surface area (Å²) in [5.74, 6) is 0.995. The van der Waals surface area contributed by atoms with Gasteiger partial charge in [0.2, 0.25) is 0 Å². The summed E-state index contributed by atoms with van der Waals surface area (Å²) in [6, 6.07) is 0. The Balaban J connectivity index is 2.02. The molecule has 0 aliphatic heterocycles. The van der Waals surface area contributed by atoms with Gasteiger partial charge in [0.1, 0.15) is 0 Å². The van der Waals surface area contributed by atoms with Crippen LogP contribution < -0.4 is 0 Å². The van der Waals surface area contributed by atoms with E-state index in [0.29, 0.717) is 11.8 Å². The maximum atomic E-state index is 9.53. The van der Waals surface area contributed by atoms with Gasteiger partial charge >= 0.3 is 0 Å². The molecular weight excluding hydrogens is 140 g/mol. The lowest BCUT2D eigenvalue weighted by molar-refractivity contribution is -0.0381. The number of aliphatic hydroxyl groups excluding tert-OH is 2. The van der Waals surface area contributed by atoms with Crippen LogP contribution in [0.25, 0.3) is 0 Å². The van der Waals surface area contributed by atoms with Crippen molar-refractivity contribution in [2.24, 2.45) is 11.8 Å². The van der Waals surface area contributed by atoms with Crippen molar-refractivity contribution < 1.29 is 10.2 Å². The van der Waals surface area contributed by atoms with Crippen molar-refractivity contribution in [3.8, 4) is 0 Å². The van der Waals surface area contributed by atoms with E-state index in [-0.39, 0.29) is 12.2 Å². The third-order valence-electron chi connectivity index (χ3n) is 3.36. The van der Waals surface area contributed by atoms with E-state index in [4.69, 9.17) is 0 Å². The Labute approximate surface area is 67.2 Å². The van der Waals surface area contributed by atoms with E-state index >= 15 is 0 Å². The summed E-state index contributed by atoms with van der Waals surface area (Å²) in [6.45, 7) is 0. The topological polar surface area (TPSA) is 40.5 Å². The van der Waals surface area contributed by atoms with Crippen LogP contribution in [0.3, 0.4) is 0 Å². The fourth-order valence-electron chi connectivity index (χ4n) is 2.56. The summed E-state index contributed by atoms with van der Waals surface area (Å²) in [6.07, 6.45) is 4.79. The highest BCUT2D eigenvalue weighted by Gasteiger charge is 2.36. The first kappa shape index (κ1) is 7.56. The highest BCUT2D eigenvalue weighted by atomic mass is 16.3. The molecule has 0 aromatic rings. The highest BCUT2D eigenvalue weighted by molar-refractivity contribution is 4.88. The molecule has 2 nitrogen and oxygen atoms in total. The van der Waals surface area contributed by atoms with E-state index in [1.807, 2.05) is 0 Å². The second-order valence-corrected chi connectivity index (χ2v) is 4.05. The van der Waals surface area contributed by atoms with Crippen LogP contribution in [0.2, 0.25) is 0 Å². The van der Waals surface area contributed by atoms with Gasteiger partial charge in [0.25, 0.3) is 0 Å². The fraction of sp³-hybridized carbons (Fsp3) is 1.00. The Morgan fingerprint density at radius 1 is 0.727 bits per heavy atom. The van der Waals surface area contributed by atoms with Gasteiger partial charge in [-0.05, 0) is 43.9 Å². The molecule has 0 saturated heterocycles. The molecule has 2 saturated carbocycles. The third kappa shape index (κ3) is 1.30. The summed E-state index contributed by atoms with van der Waals surface area (Å²) in [5.41, 5.74) is 0. The number of rotatable bonds is 0. The number of hydrogen-bond donors (Lipinski definition) is 2. The molecule has 2 N–H and O–H groups in total. The van der Waals surface area contributed by atoms with Crippen LogP contribution in [0.5, 0.6) is 0 Å². The van der Waals surface area contributed by atoms with Crippen molar-refractivity contribution in [1.29, 1.82) is 0 Å². The van der Waals surface area contributed by atoms with Crippen molar-refractivity contribution in [3.05, 3.63) is 0 Å². The summed E-state index contributed by atoms with van der Waals surface area (Å²) in [5, 5.41) is 19.1. The fourth-order valence-corrected chi connectivity index (χ4v) is 2.56. The molecule has 64 valence electrons. The molecule has 4 unspecified atom stereocenters. The van der Waals surface area contributed by atoms with Gasteiger partial charge in [-0.1, -0.05) is 0 Å². The molecule has 2 aliphatic carbocycles. The highest BCUT2D eigenvalue weighted by Crippen LogP contribution is 2.39. The minimum atomic E-state index is -0.0706. The van der Waals surface area contributed by atoms with Crippen LogP contribution in [0, 0.1) is 11.8 Å². The monoisotopic (exact) mass is 156 g/mol. The molecule has 4 atom stereocenters. The van der Waals surface area contributed by atoms with Gasteiger partial charge in [0, 0.05) is 0 Å². The van der Waals surface area contributed by atoms with Crippen LogP contribution in [-0.2, 0) is 0 Å². The van der Waals surface area contributed by atoms with Crippen molar-refractivity contribution in [3.63, 3.8) is 0 Å². The van der Waals surface area contributed by atoms with E-state index in [1.165, 1.54) is 0 Å². The van der Waals surface area contributed by atoms with Crippen LogP contribution in [0.1, 0.15) is 32.1 Å². The Morgan fingerprint density at radius 2 is 1.18 bits per heavy atom. The molecule has 2 bridgehead atoms. The minimum absolute atomic E-state index is 0.0706. The molecule has 0 spiro atoms. The lowest BCUT2D eigenvalue weighted by Crippen LogP contribution is -2.39. The quantitative estimate of drug-likeness (QED) is 0.547. The number of aliphatic hydroxyl groups is 2. The van der Waals surface area contributed by atoms with Crippen molar-refractivity contribution in [2.75, 3.05) is 0 Å². The zero-order chi connectivity index (χ0) is 7.84. The maximum Gasteiger partial charge on any atom is 0.0568 e. The van der Waals surface area contributed by atoms with E-state index in [1.54, 1.807) is 0 Å². The Hall–Kier alpha value is -0.0800. The maximum absolute atomic E-state index is 9.53. The standard InChI is InChI=1S/C9H16O2/c10-8-3-1-6-5-7(8)2-4-9(6)11/h6-11H,1-5H2. The Bertz CT molecular complexity index is 130. The first-order valence-electron chi connectivity index (χ1n) is 4.63. The normalized spacial score (nSPS) is 50.7. The third-order valence-corrected chi connectivity index (χ3v) is 3.36. The zero-order valence-corrected chi connectivity index (χ0v) is 6.74. The van der Waals surface area contributed by atoms with Gasteiger partial charge in [0.05, 0.1) is 12.2 Å². The molecule has 2 aliphatic rings. The Kier molecular flexibility index (Phi) is 1.90. The van der Waals surface area contributed by atoms with E-state index in [9.17, 15) is 10.2 Å². The second-order valence-electron chi connectivity index (χ2n) is 4.05. The predicted octanol–water partition coefficient (Wildman–Crippen LogP) is 0.918. The summed E-state index contributed by atoms with van der Waals surface area (Å²) in [4.78, 5) is 0. The molecule has 0 aromatic heterocycles. The van der Waals surface area contributed by atoms with Gasteiger partial charge in [-0.15, -0.1) is 0 Å². The molecule has 0 radical (unpaired) electrons. The minimum Gasteiger partial charge on any atom is -0.393 e. The summed E-state index contributed by atoms with van der Waals surface area (Å²) in [7, 11) is 0. The molecule has 0 amide bonds. The second kappa shape index (κ2) is 2.76.